The van der Waals surface area contributed by atoms with E-state index in [-0.39, 0.29) is 6.10 Å². The van der Waals surface area contributed by atoms with Crippen LogP contribution in [0.4, 0.5) is 0 Å². The largest absolute Gasteiger partial charge is 0.392 e. The van der Waals surface area contributed by atoms with E-state index in [1.54, 1.807) is 0 Å². The third-order valence-electron chi connectivity index (χ3n) is 4.27. The maximum Gasteiger partial charge on any atom is 0.0705 e. The highest BCUT2D eigenvalue weighted by molar-refractivity contribution is 5.78. The van der Waals surface area contributed by atoms with Crippen LogP contribution < -0.4 is 0 Å². The van der Waals surface area contributed by atoms with Gasteiger partial charge in [0.05, 0.1) is 11.6 Å². The molecule has 1 heterocycles. The van der Waals surface area contributed by atoms with Gasteiger partial charge in [0.1, 0.15) is 0 Å². The molecule has 0 bridgehead atoms. The summed E-state index contributed by atoms with van der Waals surface area (Å²) < 4.78 is 0. The van der Waals surface area contributed by atoms with Crippen molar-refractivity contribution in [2.24, 2.45) is 5.92 Å². The van der Waals surface area contributed by atoms with Crippen LogP contribution in [0.15, 0.2) is 36.4 Å². The Hall–Kier alpha value is -1.41. The molecular weight excluding hydrogens is 234 g/mol. The molecule has 0 spiro atoms. The number of hydrogen-bond donors (Lipinski definition) is 1. The molecule has 1 fully saturated rings. The van der Waals surface area contributed by atoms with Crippen molar-refractivity contribution in [3.8, 4) is 0 Å². The second-order valence-electron chi connectivity index (χ2n) is 5.66. The molecule has 2 nitrogen and oxygen atoms in total. The van der Waals surface area contributed by atoms with Gasteiger partial charge in [-0.2, -0.15) is 0 Å². The molecule has 0 aliphatic heterocycles. The van der Waals surface area contributed by atoms with E-state index in [4.69, 9.17) is 0 Å². The molecule has 2 heteroatoms. The predicted molar refractivity (Wildman–Crippen MR) is 78.0 cm³/mol. The molecule has 0 amide bonds. The van der Waals surface area contributed by atoms with Crippen LogP contribution in [0.1, 0.15) is 37.8 Å². The Morgan fingerprint density at radius 2 is 1.84 bits per heavy atom. The first-order valence-electron chi connectivity index (χ1n) is 7.36. The lowest BCUT2D eigenvalue weighted by Gasteiger charge is -2.26. The second kappa shape index (κ2) is 5.70. The predicted octanol–water partition coefficient (Wildman–Crippen LogP) is 3.72. The minimum Gasteiger partial charge on any atom is -0.392 e. The summed E-state index contributed by atoms with van der Waals surface area (Å²) >= 11 is 0. The monoisotopic (exact) mass is 255 g/mol. The number of hydrogen-bond acceptors (Lipinski definition) is 2. The summed E-state index contributed by atoms with van der Waals surface area (Å²) in [5, 5.41) is 11.5. The molecule has 3 rings (SSSR count). The van der Waals surface area contributed by atoms with Crippen molar-refractivity contribution < 1.29 is 5.11 Å². The summed E-state index contributed by atoms with van der Waals surface area (Å²) in [6, 6.07) is 12.3. The summed E-state index contributed by atoms with van der Waals surface area (Å²) in [7, 11) is 0. The Kier molecular flexibility index (Phi) is 3.79. The zero-order valence-corrected chi connectivity index (χ0v) is 11.3. The van der Waals surface area contributed by atoms with Gasteiger partial charge in [0, 0.05) is 17.5 Å². The maximum atomic E-state index is 10.4. The van der Waals surface area contributed by atoms with Gasteiger partial charge in [-0.1, -0.05) is 43.5 Å². The van der Waals surface area contributed by atoms with Gasteiger partial charge in [-0.25, -0.2) is 0 Å². The number of nitrogens with zero attached hydrogens (tertiary/aromatic N) is 1. The van der Waals surface area contributed by atoms with Gasteiger partial charge in [0.2, 0.25) is 0 Å². The number of benzene rings is 1. The van der Waals surface area contributed by atoms with Gasteiger partial charge in [-0.3, -0.25) is 4.98 Å². The van der Waals surface area contributed by atoms with Crippen LogP contribution in [-0.4, -0.2) is 16.2 Å². The standard InChI is InChI=1S/C17H21NO/c19-17(14-7-2-1-3-8-14)12-15-11-10-13-6-4-5-9-16(13)18-15/h4-6,9-11,14,17,19H,1-3,7-8,12H2. The normalized spacial score (nSPS) is 18.6. The maximum absolute atomic E-state index is 10.4. The van der Waals surface area contributed by atoms with E-state index in [2.05, 4.69) is 17.1 Å². The number of aliphatic hydroxyl groups is 1. The Morgan fingerprint density at radius 3 is 2.68 bits per heavy atom. The molecule has 1 aromatic heterocycles. The fraction of sp³-hybridized carbons (Fsp3) is 0.471. The molecule has 1 unspecified atom stereocenters. The number of rotatable bonds is 3. The van der Waals surface area contributed by atoms with Crippen LogP contribution in [-0.2, 0) is 6.42 Å². The lowest BCUT2D eigenvalue weighted by molar-refractivity contribution is 0.0843. The van der Waals surface area contributed by atoms with E-state index >= 15 is 0 Å². The highest BCUT2D eigenvalue weighted by atomic mass is 16.3. The van der Waals surface area contributed by atoms with E-state index in [0.717, 1.165) is 11.2 Å². The van der Waals surface area contributed by atoms with Gasteiger partial charge in [0.15, 0.2) is 0 Å². The van der Waals surface area contributed by atoms with E-state index in [1.807, 2.05) is 24.3 Å². The van der Waals surface area contributed by atoms with E-state index in [1.165, 1.54) is 37.5 Å². The fourth-order valence-electron chi connectivity index (χ4n) is 3.12. The number of para-hydroxylation sites is 1. The smallest absolute Gasteiger partial charge is 0.0705 e. The second-order valence-corrected chi connectivity index (χ2v) is 5.66. The first-order valence-corrected chi connectivity index (χ1v) is 7.36. The van der Waals surface area contributed by atoms with Crippen LogP contribution in [0.25, 0.3) is 10.9 Å². The Labute approximate surface area is 114 Å². The van der Waals surface area contributed by atoms with Crippen LogP contribution in [0, 0.1) is 5.92 Å². The van der Waals surface area contributed by atoms with Crippen molar-refractivity contribution in [1.29, 1.82) is 0 Å². The summed E-state index contributed by atoms with van der Waals surface area (Å²) in [5.74, 6) is 0.474. The summed E-state index contributed by atoms with van der Waals surface area (Å²) in [4.78, 5) is 4.65. The number of aromatic nitrogens is 1. The van der Waals surface area contributed by atoms with Crippen LogP contribution >= 0.6 is 0 Å². The van der Waals surface area contributed by atoms with Crippen LogP contribution in [0.2, 0.25) is 0 Å². The number of aliphatic hydroxyl groups excluding tert-OH is 1. The van der Waals surface area contributed by atoms with Crippen molar-refractivity contribution >= 4 is 10.9 Å². The molecule has 1 aliphatic carbocycles. The molecule has 1 aromatic carbocycles. The number of pyridine rings is 1. The summed E-state index contributed by atoms with van der Waals surface area (Å²) in [5.41, 5.74) is 2.03. The first-order chi connectivity index (χ1) is 9.33. The fourth-order valence-corrected chi connectivity index (χ4v) is 3.12. The van der Waals surface area contributed by atoms with Crippen molar-refractivity contribution in [1.82, 2.24) is 4.98 Å². The molecule has 1 aliphatic rings. The third-order valence-corrected chi connectivity index (χ3v) is 4.27. The Balaban J connectivity index is 1.73. The summed E-state index contributed by atoms with van der Waals surface area (Å²) in [6.07, 6.45) is 6.69. The molecule has 1 N–H and O–H groups in total. The minimum atomic E-state index is -0.228. The Morgan fingerprint density at radius 1 is 1.05 bits per heavy atom. The minimum absolute atomic E-state index is 0.228. The summed E-state index contributed by atoms with van der Waals surface area (Å²) in [6.45, 7) is 0. The van der Waals surface area contributed by atoms with Crippen molar-refractivity contribution in [3.05, 3.63) is 42.1 Å². The lowest BCUT2D eigenvalue weighted by Crippen LogP contribution is -2.25. The molecule has 0 saturated heterocycles. The quantitative estimate of drug-likeness (QED) is 0.906. The lowest BCUT2D eigenvalue weighted by atomic mass is 9.84. The van der Waals surface area contributed by atoms with Gasteiger partial charge in [0.25, 0.3) is 0 Å². The van der Waals surface area contributed by atoms with Crippen molar-refractivity contribution in [3.63, 3.8) is 0 Å². The van der Waals surface area contributed by atoms with Crippen molar-refractivity contribution in [2.75, 3.05) is 0 Å². The zero-order chi connectivity index (χ0) is 13.1. The Bertz CT molecular complexity index is 546. The molecule has 0 radical (unpaired) electrons. The molecule has 2 aromatic rings. The molecular formula is C17H21NO. The molecule has 1 saturated carbocycles. The third kappa shape index (κ3) is 2.95. The van der Waals surface area contributed by atoms with Crippen LogP contribution in [0.3, 0.4) is 0 Å². The van der Waals surface area contributed by atoms with E-state index in [9.17, 15) is 5.11 Å². The topological polar surface area (TPSA) is 33.1 Å². The van der Waals surface area contributed by atoms with Gasteiger partial charge < -0.3 is 5.11 Å². The van der Waals surface area contributed by atoms with E-state index < -0.39 is 0 Å². The highest BCUT2D eigenvalue weighted by Gasteiger charge is 2.22. The highest BCUT2D eigenvalue weighted by Crippen LogP contribution is 2.28. The number of fused-ring (bicyclic) bond motifs is 1. The van der Waals surface area contributed by atoms with Gasteiger partial charge in [-0.05, 0) is 30.9 Å². The average Bonchev–Trinajstić information content (AvgIpc) is 2.48. The molecule has 100 valence electrons. The van der Waals surface area contributed by atoms with Gasteiger partial charge >= 0.3 is 0 Å². The average molecular weight is 255 g/mol. The molecule has 1 atom stereocenters. The van der Waals surface area contributed by atoms with E-state index in [0.29, 0.717) is 12.3 Å². The zero-order valence-electron chi connectivity index (χ0n) is 11.3. The molecule has 19 heavy (non-hydrogen) atoms. The SMILES string of the molecule is OC(Cc1ccc2ccccc2n1)C1CCCCC1. The first kappa shape index (κ1) is 12.6. The van der Waals surface area contributed by atoms with Crippen molar-refractivity contribution in [2.45, 2.75) is 44.6 Å². The van der Waals surface area contributed by atoms with Gasteiger partial charge in [-0.15, -0.1) is 0 Å². The van der Waals surface area contributed by atoms with Crippen LogP contribution in [0.5, 0.6) is 0 Å².